The summed E-state index contributed by atoms with van der Waals surface area (Å²) in [6.45, 7) is 1.12. The van der Waals surface area contributed by atoms with Crippen LogP contribution in [0.1, 0.15) is 24.8 Å². The van der Waals surface area contributed by atoms with Crippen LogP contribution in [0, 0.1) is 0 Å². The molecule has 0 atom stereocenters. The standard InChI is InChI=1S/C19H21BrN2O3S/c20-16-9-7-15(8-10-16)13-19(23)21-17-5-4-6-18(14-17)26(24,25)22-11-2-1-3-12-22/h4-10,14H,1-3,11-13H2,(H,21,23). The molecule has 7 heteroatoms. The van der Waals surface area contributed by atoms with Crippen molar-refractivity contribution in [2.75, 3.05) is 18.4 Å². The summed E-state index contributed by atoms with van der Waals surface area (Å²) in [4.78, 5) is 12.5. The summed E-state index contributed by atoms with van der Waals surface area (Å²) in [5.41, 5.74) is 1.38. The Morgan fingerprint density at radius 1 is 1.04 bits per heavy atom. The Morgan fingerprint density at radius 3 is 2.42 bits per heavy atom. The van der Waals surface area contributed by atoms with Gasteiger partial charge in [0.15, 0.2) is 0 Å². The molecule has 0 saturated carbocycles. The third-order valence-electron chi connectivity index (χ3n) is 4.35. The first-order chi connectivity index (χ1) is 12.4. The van der Waals surface area contributed by atoms with E-state index in [1.54, 1.807) is 18.2 Å². The van der Waals surface area contributed by atoms with Crippen LogP contribution < -0.4 is 5.32 Å². The lowest BCUT2D eigenvalue weighted by atomic mass is 10.1. The van der Waals surface area contributed by atoms with Gasteiger partial charge in [0, 0.05) is 23.2 Å². The molecule has 26 heavy (non-hydrogen) atoms. The van der Waals surface area contributed by atoms with Crippen LogP contribution in [-0.4, -0.2) is 31.7 Å². The second-order valence-electron chi connectivity index (χ2n) is 6.34. The Morgan fingerprint density at radius 2 is 1.73 bits per heavy atom. The molecule has 1 heterocycles. The predicted molar refractivity (Wildman–Crippen MR) is 106 cm³/mol. The van der Waals surface area contributed by atoms with E-state index in [0.717, 1.165) is 29.3 Å². The zero-order chi connectivity index (χ0) is 18.6. The number of anilines is 1. The second kappa shape index (κ2) is 8.33. The topological polar surface area (TPSA) is 66.5 Å². The molecule has 1 aliphatic heterocycles. The highest BCUT2D eigenvalue weighted by atomic mass is 79.9. The van der Waals surface area contributed by atoms with Crippen molar-refractivity contribution in [1.82, 2.24) is 4.31 Å². The summed E-state index contributed by atoms with van der Waals surface area (Å²) in [6, 6.07) is 14.0. The number of rotatable bonds is 5. The van der Waals surface area contributed by atoms with E-state index >= 15 is 0 Å². The summed E-state index contributed by atoms with van der Waals surface area (Å²) in [5.74, 6) is -0.181. The molecule has 0 spiro atoms. The molecule has 1 aliphatic rings. The van der Waals surface area contributed by atoms with Gasteiger partial charge in [0.25, 0.3) is 0 Å². The average Bonchev–Trinajstić information content (AvgIpc) is 2.64. The fraction of sp³-hybridized carbons (Fsp3) is 0.316. The molecule has 5 nitrogen and oxygen atoms in total. The van der Waals surface area contributed by atoms with Crippen molar-refractivity contribution < 1.29 is 13.2 Å². The molecular weight excluding hydrogens is 416 g/mol. The zero-order valence-electron chi connectivity index (χ0n) is 14.3. The van der Waals surface area contributed by atoms with Gasteiger partial charge in [0.2, 0.25) is 15.9 Å². The van der Waals surface area contributed by atoms with E-state index in [4.69, 9.17) is 0 Å². The Hall–Kier alpha value is -1.70. The van der Waals surface area contributed by atoms with Gasteiger partial charge in [-0.2, -0.15) is 4.31 Å². The largest absolute Gasteiger partial charge is 0.326 e. The molecule has 3 rings (SSSR count). The molecule has 2 aromatic rings. The molecule has 0 aliphatic carbocycles. The molecule has 2 aromatic carbocycles. The summed E-state index contributed by atoms with van der Waals surface area (Å²) in [5, 5.41) is 2.79. The molecule has 138 valence electrons. The summed E-state index contributed by atoms with van der Waals surface area (Å²) in [6.07, 6.45) is 3.08. The molecular formula is C19H21BrN2O3S. The number of sulfonamides is 1. The number of piperidine rings is 1. The van der Waals surface area contributed by atoms with Crippen molar-refractivity contribution >= 4 is 37.5 Å². The fourth-order valence-corrected chi connectivity index (χ4v) is 4.81. The first-order valence-electron chi connectivity index (χ1n) is 8.60. The minimum Gasteiger partial charge on any atom is -0.326 e. The summed E-state index contributed by atoms with van der Waals surface area (Å²) in [7, 11) is -3.51. The SMILES string of the molecule is O=C(Cc1ccc(Br)cc1)Nc1cccc(S(=O)(=O)N2CCCCC2)c1. The Bertz CT molecular complexity index is 876. The number of nitrogens with one attached hydrogen (secondary N) is 1. The van der Waals surface area contributed by atoms with Crippen LogP contribution >= 0.6 is 15.9 Å². The zero-order valence-corrected chi connectivity index (χ0v) is 16.7. The van der Waals surface area contributed by atoms with E-state index in [1.165, 1.54) is 10.4 Å². The van der Waals surface area contributed by atoms with Gasteiger partial charge < -0.3 is 5.32 Å². The van der Waals surface area contributed by atoms with Gasteiger partial charge in [-0.25, -0.2) is 8.42 Å². The maximum atomic E-state index is 12.8. The minimum absolute atomic E-state index is 0.181. The van der Waals surface area contributed by atoms with E-state index in [-0.39, 0.29) is 17.2 Å². The molecule has 1 N–H and O–H groups in total. The average molecular weight is 437 g/mol. The molecule has 1 fully saturated rings. The molecule has 0 unspecified atom stereocenters. The lowest BCUT2D eigenvalue weighted by molar-refractivity contribution is -0.115. The third-order valence-corrected chi connectivity index (χ3v) is 6.77. The molecule has 1 amide bonds. The Kier molecular flexibility index (Phi) is 6.11. The van der Waals surface area contributed by atoms with E-state index < -0.39 is 10.0 Å². The smallest absolute Gasteiger partial charge is 0.243 e. The van der Waals surface area contributed by atoms with Gasteiger partial charge >= 0.3 is 0 Å². The van der Waals surface area contributed by atoms with E-state index in [0.29, 0.717) is 18.8 Å². The quantitative estimate of drug-likeness (QED) is 0.774. The van der Waals surface area contributed by atoms with Crippen LogP contribution in [0.3, 0.4) is 0 Å². The normalized spacial score (nSPS) is 15.6. The summed E-state index contributed by atoms with van der Waals surface area (Å²) >= 11 is 3.36. The number of halogens is 1. The van der Waals surface area contributed by atoms with Crippen molar-refractivity contribution in [2.24, 2.45) is 0 Å². The first kappa shape index (κ1) is 19.1. The lowest BCUT2D eigenvalue weighted by Gasteiger charge is -2.26. The Labute approximate surface area is 162 Å². The van der Waals surface area contributed by atoms with E-state index in [9.17, 15) is 13.2 Å². The highest BCUT2D eigenvalue weighted by Gasteiger charge is 2.26. The fourth-order valence-electron chi connectivity index (χ4n) is 2.98. The monoisotopic (exact) mass is 436 g/mol. The number of hydrogen-bond acceptors (Lipinski definition) is 3. The highest BCUT2D eigenvalue weighted by Crippen LogP contribution is 2.23. The Balaban J connectivity index is 1.70. The van der Waals surface area contributed by atoms with Gasteiger partial charge in [0.1, 0.15) is 0 Å². The lowest BCUT2D eigenvalue weighted by Crippen LogP contribution is -2.35. The van der Waals surface area contributed by atoms with Gasteiger partial charge in [-0.3, -0.25) is 4.79 Å². The minimum atomic E-state index is -3.51. The molecule has 0 aromatic heterocycles. The van der Waals surface area contributed by atoms with Crippen molar-refractivity contribution in [1.29, 1.82) is 0 Å². The van der Waals surface area contributed by atoms with Crippen LogP contribution in [0.4, 0.5) is 5.69 Å². The number of hydrogen-bond donors (Lipinski definition) is 1. The first-order valence-corrected chi connectivity index (χ1v) is 10.8. The number of carbonyl (C=O) groups excluding carboxylic acids is 1. The second-order valence-corrected chi connectivity index (χ2v) is 9.20. The van der Waals surface area contributed by atoms with E-state index in [2.05, 4.69) is 21.2 Å². The number of nitrogens with zero attached hydrogens (tertiary/aromatic N) is 1. The number of carbonyl (C=O) groups is 1. The van der Waals surface area contributed by atoms with Crippen LogP contribution in [0.15, 0.2) is 57.9 Å². The van der Waals surface area contributed by atoms with Crippen LogP contribution in [0.25, 0.3) is 0 Å². The van der Waals surface area contributed by atoms with Crippen LogP contribution in [0.5, 0.6) is 0 Å². The summed E-state index contributed by atoms with van der Waals surface area (Å²) < 4.78 is 28.0. The maximum absolute atomic E-state index is 12.8. The van der Waals surface area contributed by atoms with Gasteiger partial charge in [-0.15, -0.1) is 0 Å². The van der Waals surface area contributed by atoms with Gasteiger partial charge in [-0.05, 0) is 48.7 Å². The predicted octanol–water partition coefficient (Wildman–Crippen LogP) is 3.80. The van der Waals surface area contributed by atoms with Crippen molar-refractivity contribution in [2.45, 2.75) is 30.6 Å². The van der Waals surface area contributed by atoms with Crippen LogP contribution in [0.2, 0.25) is 0 Å². The molecule has 1 saturated heterocycles. The molecule has 0 bridgehead atoms. The van der Waals surface area contributed by atoms with E-state index in [1.807, 2.05) is 24.3 Å². The highest BCUT2D eigenvalue weighted by molar-refractivity contribution is 9.10. The molecule has 0 radical (unpaired) electrons. The van der Waals surface area contributed by atoms with Crippen molar-refractivity contribution in [3.8, 4) is 0 Å². The van der Waals surface area contributed by atoms with Gasteiger partial charge in [0.05, 0.1) is 11.3 Å². The van der Waals surface area contributed by atoms with Gasteiger partial charge in [-0.1, -0.05) is 40.5 Å². The van der Waals surface area contributed by atoms with Crippen molar-refractivity contribution in [3.05, 3.63) is 58.6 Å². The number of benzene rings is 2. The van der Waals surface area contributed by atoms with Crippen LogP contribution in [-0.2, 0) is 21.2 Å². The maximum Gasteiger partial charge on any atom is 0.243 e. The number of amides is 1. The third kappa shape index (κ3) is 4.72. The van der Waals surface area contributed by atoms with Crippen molar-refractivity contribution in [3.63, 3.8) is 0 Å².